The number of carboxylic acid groups (broad SMARTS) is 1. The molecule has 1 unspecified atom stereocenters. The molecule has 0 saturated carbocycles. The van der Waals surface area contributed by atoms with Gasteiger partial charge in [-0.15, -0.1) is 0 Å². The predicted molar refractivity (Wildman–Crippen MR) is 88.3 cm³/mol. The highest BCUT2D eigenvalue weighted by Crippen LogP contribution is 2.17. The number of aliphatic carboxylic acids is 1. The van der Waals surface area contributed by atoms with E-state index in [0.29, 0.717) is 24.5 Å². The van der Waals surface area contributed by atoms with Crippen molar-refractivity contribution >= 4 is 11.9 Å². The summed E-state index contributed by atoms with van der Waals surface area (Å²) in [4.78, 5) is 28.9. The van der Waals surface area contributed by atoms with Gasteiger partial charge in [0.15, 0.2) is 6.10 Å². The molecule has 7 nitrogen and oxygen atoms in total. The highest BCUT2D eigenvalue weighted by molar-refractivity contribution is 5.94. The molecule has 7 heteroatoms. The molecule has 1 saturated heterocycles. The maximum atomic E-state index is 12.5. The molecule has 1 aliphatic heterocycles. The third kappa shape index (κ3) is 4.33. The number of carbonyl (C=O) groups is 2. The average Bonchev–Trinajstić information content (AvgIpc) is 2.67. The van der Waals surface area contributed by atoms with Gasteiger partial charge < -0.3 is 19.5 Å². The van der Waals surface area contributed by atoms with Crippen LogP contribution in [0.1, 0.15) is 15.9 Å². The van der Waals surface area contributed by atoms with Crippen LogP contribution in [0.2, 0.25) is 0 Å². The summed E-state index contributed by atoms with van der Waals surface area (Å²) in [7, 11) is 0. The van der Waals surface area contributed by atoms with E-state index in [1.54, 1.807) is 36.7 Å². The smallest absolute Gasteiger partial charge is 0.334 e. The van der Waals surface area contributed by atoms with E-state index in [9.17, 15) is 9.59 Å². The molecule has 0 bridgehead atoms. The number of hydrogen-bond acceptors (Lipinski definition) is 5. The van der Waals surface area contributed by atoms with E-state index in [0.717, 1.165) is 5.56 Å². The minimum absolute atomic E-state index is 0.0501. The van der Waals surface area contributed by atoms with Crippen LogP contribution in [-0.2, 0) is 16.1 Å². The Balaban J connectivity index is 1.59. The molecule has 3 rings (SSSR count). The molecule has 25 heavy (non-hydrogen) atoms. The molecule has 130 valence electrons. The first-order chi connectivity index (χ1) is 12.1. The molecular formula is C18H18N2O5. The topological polar surface area (TPSA) is 89.0 Å². The molecular weight excluding hydrogens is 324 g/mol. The summed E-state index contributed by atoms with van der Waals surface area (Å²) in [6.07, 6.45) is 2.43. The summed E-state index contributed by atoms with van der Waals surface area (Å²) in [6.45, 7) is 1.06. The van der Waals surface area contributed by atoms with Gasteiger partial charge in [-0.3, -0.25) is 9.78 Å². The summed E-state index contributed by atoms with van der Waals surface area (Å²) in [5.41, 5.74) is 1.49. The van der Waals surface area contributed by atoms with Crippen LogP contribution in [0.25, 0.3) is 0 Å². The van der Waals surface area contributed by atoms with Gasteiger partial charge in [-0.1, -0.05) is 0 Å². The van der Waals surface area contributed by atoms with Crippen LogP contribution in [0, 0.1) is 0 Å². The van der Waals surface area contributed by atoms with Crippen LogP contribution in [0.3, 0.4) is 0 Å². The normalized spacial score (nSPS) is 17.1. The standard InChI is InChI=1S/C18H18N2O5/c21-17(20-9-10-24-16(11-20)18(22)23)14-1-3-15(4-2-14)25-12-13-5-7-19-8-6-13/h1-8,16H,9-12H2,(H,22,23). The maximum absolute atomic E-state index is 12.5. The maximum Gasteiger partial charge on any atom is 0.334 e. The molecule has 1 amide bonds. The first-order valence-electron chi connectivity index (χ1n) is 7.89. The van der Waals surface area contributed by atoms with Crippen molar-refractivity contribution in [3.8, 4) is 5.75 Å². The van der Waals surface area contributed by atoms with Crippen molar-refractivity contribution in [3.63, 3.8) is 0 Å². The lowest BCUT2D eigenvalue weighted by molar-refractivity contribution is -0.154. The van der Waals surface area contributed by atoms with Gasteiger partial charge in [0.1, 0.15) is 12.4 Å². The Morgan fingerprint density at radius 3 is 2.60 bits per heavy atom. The molecule has 1 aromatic carbocycles. The Kier molecular flexibility index (Phi) is 5.25. The quantitative estimate of drug-likeness (QED) is 0.887. The third-order valence-corrected chi connectivity index (χ3v) is 3.89. The number of ether oxygens (including phenoxy) is 2. The van der Waals surface area contributed by atoms with Crippen molar-refractivity contribution in [3.05, 3.63) is 59.9 Å². The van der Waals surface area contributed by atoms with E-state index >= 15 is 0 Å². The highest BCUT2D eigenvalue weighted by atomic mass is 16.5. The van der Waals surface area contributed by atoms with Gasteiger partial charge in [0, 0.05) is 24.5 Å². The summed E-state index contributed by atoms with van der Waals surface area (Å²) < 4.78 is 10.8. The summed E-state index contributed by atoms with van der Waals surface area (Å²) in [6, 6.07) is 10.5. The number of nitrogens with zero attached hydrogens (tertiary/aromatic N) is 2. The van der Waals surface area contributed by atoms with Crippen LogP contribution >= 0.6 is 0 Å². The van der Waals surface area contributed by atoms with E-state index in [1.165, 1.54) is 4.90 Å². The zero-order valence-corrected chi connectivity index (χ0v) is 13.5. The number of carboxylic acids is 1. The van der Waals surface area contributed by atoms with Crippen LogP contribution in [0.5, 0.6) is 5.75 Å². The monoisotopic (exact) mass is 342 g/mol. The lowest BCUT2D eigenvalue weighted by Crippen LogP contribution is -2.48. The van der Waals surface area contributed by atoms with Crippen molar-refractivity contribution in [2.75, 3.05) is 19.7 Å². The predicted octanol–water partition coefficient (Wildman–Crippen LogP) is 1.59. The minimum Gasteiger partial charge on any atom is -0.489 e. The zero-order chi connectivity index (χ0) is 17.6. The van der Waals surface area contributed by atoms with Gasteiger partial charge in [-0.25, -0.2) is 4.79 Å². The number of aromatic nitrogens is 1. The largest absolute Gasteiger partial charge is 0.489 e. The van der Waals surface area contributed by atoms with Crippen molar-refractivity contribution in [2.24, 2.45) is 0 Å². The molecule has 1 aliphatic rings. The van der Waals surface area contributed by atoms with Gasteiger partial charge in [0.05, 0.1) is 13.2 Å². The van der Waals surface area contributed by atoms with Crippen molar-refractivity contribution in [2.45, 2.75) is 12.7 Å². The Bertz CT molecular complexity index is 733. The number of rotatable bonds is 5. The zero-order valence-electron chi connectivity index (χ0n) is 13.5. The first kappa shape index (κ1) is 16.9. The van der Waals surface area contributed by atoms with Gasteiger partial charge >= 0.3 is 5.97 Å². The van der Waals surface area contributed by atoms with Crippen LogP contribution in [-0.4, -0.2) is 52.7 Å². The Hall–Kier alpha value is -2.93. The minimum atomic E-state index is -1.06. The second-order valence-electron chi connectivity index (χ2n) is 5.62. The van der Waals surface area contributed by atoms with Crippen LogP contribution in [0.4, 0.5) is 0 Å². The number of hydrogen-bond donors (Lipinski definition) is 1. The van der Waals surface area contributed by atoms with E-state index in [-0.39, 0.29) is 19.1 Å². The molecule has 0 radical (unpaired) electrons. The van der Waals surface area contributed by atoms with Crippen molar-refractivity contribution in [1.29, 1.82) is 0 Å². The van der Waals surface area contributed by atoms with Gasteiger partial charge in [0.2, 0.25) is 0 Å². The van der Waals surface area contributed by atoms with E-state index in [2.05, 4.69) is 4.98 Å². The van der Waals surface area contributed by atoms with E-state index in [4.69, 9.17) is 14.6 Å². The number of amides is 1. The molecule has 1 N–H and O–H groups in total. The molecule has 1 aromatic heterocycles. The number of carbonyl (C=O) groups excluding carboxylic acids is 1. The lowest BCUT2D eigenvalue weighted by Gasteiger charge is -2.30. The van der Waals surface area contributed by atoms with Crippen LogP contribution in [0.15, 0.2) is 48.8 Å². The van der Waals surface area contributed by atoms with Gasteiger partial charge in [-0.05, 0) is 42.0 Å². The fourth-order valence-corrected chi connectivity index (χ4v) is 2.51. The Morgan fingerprint density at radius 2 is 1.92 bits per heavy atom. The second-order valence-corrected chi connectivity index (χ2v) is 5.62. The van der Waals surface area contributed by atoms with Gasteiger partial charge in [-0.2, -0.15) is 0 Å². The lowest BCUT2D eigenvalue weighted by atomic mass is 10.1. The molecule has 1 atom stereocenters. The molecule has 2 aromatic rings. The molecule has 2 heterocycles. The average molecular weight is 342 g/mol. The highest BCUT2D eigenvalue weighted by Gasteiger charge is 2.29. The Labute approximate surface area is 144 Å². The van der Waals surface area contributed by atoms with E-state index < -0.39 is 12.1 Å². The first-order valence-corrected chi connectivity index (χ1v) is 7.89. The van der Waals surface area contributed by atoms with Crippen molar-refractivity contribution in [1.82, 2.24) is 9.88 Å². The number of morpholine rings is 1. The van der Waals surface area contributed by atoms with Gasteiger partial charge in [0.25, 0.3) is 5.91 Å². The SMILES string of the molecule is O=C(O)C1CN(C(=O)c2ccc(OCc3ccncc3)cc2)CCO1. The van der Waals surface area contributed by atoms with Crippen molar-refractivity contribution < 1.29 is 24.2 Å². The summed E-state index contributed by atoms with van der Waals surface area (Å²) >= 11 is 0. The third-order valence-electron chi connectivity index (χ3n) is 3.89. The number of benzene rings is 1. The summed E-state index contributed by atoms with van der Waals surface area (Å²) in [5, 5.41) is 9.01. The molecule has 0 aliphatic carbocycles. The molecule has 0 spiro atoms. The second kappa shape index (κ2) is 7.76. The fourth-order valence-electron chi connectivity index (χ4n) is 2.51. The summed E-state index contributed by atoms with van der Waals surface area (Å²) in [5.74, 6) is -0.619. The molecule has 1 fully saturated rings. The fraction of sp³-hybridized carbons (Fsp3) is 0.278. The Morgan fingerprint density at radius 1 is 1.20 bits per heavy atom. The van der Waals surface area contributed by atoms with E-state index in [1.807, 2.05) is 12.1 Å². The number of pyridine rings is 1. The van der Waals surface area contributed by atoms with Crippen LogP contribution < -0.4 is 4.74 Å².